The van der Waals surface area contributed by atoms with Gasteiger partial charge in [0.25, 0.3) is 0 Å². The summed E-state index contributed by atoms with van der Waals surface area (Å²) in [6.07, 6.45) is 7.10. The summed E-state index contributed by atoms with van der Waals surface area (Å²) in [6.45, 7) is 3.17. The molecule has 0 amide bonds. The second kappa shape index (κ2) is 8.57. The van der Waals surface area contributed by atoms with Gasteiger partial charge in [0, 0.05) is 11.2 Å². The first-order valence-electron chi connectivity index (χ1n) is 10.2. The van der Waals surface area contributed by atoms with Gasteiger partial charge in [-0.1, -0.05) is 23.7 Å². The van der Waals surface area contributed by atoms with Gasteiger partial charge in [-0.3, -0.25) is 0 Å². The summed E-state index contributed by atoms with van der Waals surface area (Å²) >= 11 is 6.02. The van der Waals surface area contributed by atoms with E-state index in [4.69, 9.17) is 26.1 Å². The molecule has 1 aliphatic rings. The van der Waals surface area contributed by atoms with Crippen molar-refractivity contribution in [2.24, 2.45) is 0 Å². The minimum Gasteiger partial charge on any atom is -0.479 e. The Balaban J connectivity index is 1.40. The number of halogens is 1. The van der Waals surface area contributed by atoms with Crippen LogP contribution in [0.1, 0.15) is 34.7 Å². The lowest BCUT2D eigenvalue weighted by Crippen LogP contribution is -2.23. The van der Waals surface area contributed by atoms with Crippen LogP contribution in [0.2, 0.25) is 5.02 Å². The monoisotopic (exact) mass is 448 g/mol. The van der Waals surface area contributed by atoms with E-state index in [1.165, 1.54) is 0 Å². The van der Waals surface area contributed by atoms with Crippen LogP contribution < -0.4 is 4.74 Å². The summed E-state index contributed by atoms with van der Waals surface area (Å²) in [7, 11) is 1.60. The topological polar surface area (TPSA) is 79.9 Å². The number of pyridine rings is 1. The third kappa shape index (κ3) is 4.02. The number of benzene rings is 1. The molecule has 3 aromatic heterocycles. The van der Waals surface area contributed by atoms with E-state index in [-0.39, 0.29) is 6.10 Å². The largest absolute Gasteiger partial charge is 0.479 e. The van der Waals surface area contributed by atoms with Crippen molar-refractivity contribution in [2.45, 2.75) is 19.6 Å². The molecule has 1 atom stereocenters. The van der Waals surface area contributed by atoms with E-state index in [0.29, 0.717) is 29.9 Å². The molecule has 0 bridgehead atoms. The first-order chi connectivity index (χ1) is 15.6. The summed E-state index contributed by atoms with van der Waals surface area (Å²) in [6, 6.07) is 11.5. The molecule has 1 aliphatic heterocycles. The van der Waals surface area contributed by atoms with Crippen molar-refractivity contribution in [1.82, 2.24) is 29.3 Å². The van der Waals surface area contributed by atoms with Crippen LogP contribution in [-0.2, 0) is 11.3 Å². The summed E-state index contributed by atoms with van der Waals surface area (Å²) in [4.78, 5) is 13.5. The number of hydrogen-bond acceptors (Lipinski definition) is 6. The lowest BCUT2D eigenvalue weighted by Gasteiger charge is -2.23. The van der Waals surface area contributed by atoms with Gasteiger partial charge in [-0.25, -0.2) is 19.6 Å². The van der Waals surface area contributed by atoms with Crippen molar-refractivity contribution in [3.63, 3.8) is 0 Å². The van der Waals surface area contributed by atoms with Crippen LogP contribution in [0.25, 0.3) is 17.8 Å². The number of imidazole rings is 1. The summed E-state index contributed by atoms with van der Waals surface area (Å²) in [5.41, 5.74) is 3.48. The third-order valence-corrected chi connectivity index (χ3v) is 5.41. The van der Waals surface area contributed by atoms with Crippen LogP contribution >= 0.6 is 11.6 Å². The Morgan fingerprint density at radius 3 is 2.72 bits per heavy atom. The minimum atomic E-state index is -0.271. The number of fused-ring (bicyclic) bond motifs is 1. The Bertz CT molecular complexity index is 1280. The highest BCUT2D eigenvalue weighted by molar-refractivity contribution is 6.30. The van der Waals surface area contributed by atoms with Gasteiger partial charge in [-0.15, -0.1) is 0 Å². The van der Waals surface area contributed by atoms with Crippen LogP contribution in [0.15, 0.2) is 48.9 Å². The van der Waals surface area contributed by atoms with Crippen molar-refractivity contribution in [3.05, 3.63) is 82.5 Å². The fourth-order valence-electron chi connectivity index (χ4n) is 3.62. The molecule has 0 saturated carbocycles. The third-order valence-electron chi connectivity index (χ3n) is 5.16. The van der Waals surface area contributed by atoms with Gasteiger partial charge in [0.15, 0.2) is 11.6 Å². The number of nitrogens with zero attached hydrogens (tertiary/aromatic N) is 6. The first kappa shape index (κ1) is 20.4. The zero-order chi connectivity index (χ0) is 22.1. The average molecular weight is 449 g/mol. The fraction of sp³-hybridized carbons (Fsp3) is 0.217. The van der Waals surface area contributed by atoms with Gasteiger partial charge in [0.1, 0.15) is 11.8 Å². The Morgan fingerprint density at radius 2 is 1.97 bits per heavy atom. The maximum Gasteiger partial charge on any atom is 0.238 e. The molecular formula is C23H21ClN6O2. The van der Waals surface area contributed by atoms with Crippen LogP contribution in [-0.4, -0.2) is 43.0 Å². The molecule has 1 aromatic carbocycles. The lowest BCUT2D eigenvalue weighted by molar-refractivity contribution is 0.0390. The molecule has 0 spiro atoms. The second-order valence-electron chi connectivity index (χ2n) is 7.37. The number of methoxy groups -OCH3 is 1. The van der Waals surface area contributed by atoms with Gasteiger partial charge >= 0.3 is 0 Å². The van der Waals surface area contributed by atoms with Crippen LogP contribution in [0, 0.1) is 6.92 Å². The van der Waals surface area contributed by atoms with Crippen molar-refractivity contribution >= 4 is 23.8 Å². The first-order valence-corrected chi connectivity index (χ1v) is 10.5. The van der Waals surface area contributed by atoms with E-state index in [2.05, 4.69) is 15.1 Å². The Hall–Kier alpha value is -3.49. The molecule has 9 heteroatoms. The van der Waals surface area contributed by atoms with Crippen molar-refractivity contribution in [2.75, 3.05) is 13.7 Å². The average Bonchev–Trinajstić information content (AvgIpc) is 3.43. The highest BCUT2D eigenvalue weighted by Crippen LogP contribution is 2.29. The molecule has 0 saturated heterocycles. The van der Waals surface area contributed by atoms with Crippen molar-refractivity contribution in [3.8, 4) is 11.6 Å². The molecule has 4 aromatic rings. The van der Waals surface area contributed by atoms with Gasteiger partial charge < -0.3 is 14.0 Å². The molecule has 162 valence electrons. The maximum atomic E-state index is 6.02. The Kier molecular flexibility index (Phi) is 5.46. The van der Waals surface area contributed by atoms with Gasteiger partial charge in [0.2, 0.25) is 5.88 Å². The molecule has 0 fully saturated rings. The molecule has 5 rings (SSSR count). The summed E-state index contributed by atoms with van der Waals surface area (Å²) < 4.78 is 15.2. The molecule has 8 nitrogen and oxygen atoms in total. The normalized spacial score (nSPS) is 15.8. The van der Waals surface area contributed by atoms with Crippen molar-refractivity contribution < 1.29 is 9.47 Å². The second-order valence-corrected chi connectivity index (χ2v) is 7.81. The Labute approximate surface area is 190 Å². The molecular weight excluding hydrogens is 428 g/mol. The number of rotatable bonds is 5. The highest BCUT2D eigenvalue weighted by Gasteiger charge is 2.26. The SMILES string of the molecule is COc1nc(/C=C/c2nc3n(n2)CCOC3c2ccc(Cl)cc2)ccc1-n1cnc(C)c1. The predicted molar refractivity (Wildman–Crippen MR) is 121 cm³/mol. The molecule has 0 radical (unpaired) electrons. The van der Waals surface area contributed by atoms with Gasteiger partial charge in [-0.05, 0) is 48.9 Å². The van der Waals surface area contributed by atoms with Crippen molar-refractivity contribution in [1.29, 1.82) is 0 Å². The predicted octanol–water partition coefficient (Wildman–Crippen LogP) is 4.12. The van der Waals surface area contributed by atoms with E-state index in [0.717, 1.165) is 28.5 Å². The number of aryl methyl sites for hydroxylation is 1. The number of ether oxygens (including phenoxy) is 2. The fourth-order valence-corrected chi connectivity index (χ4v) is 3.74. The molecule has 1 unspecified atom stereocenters. The van der Waals surface area contributed by atoms with Crippen LogP contribution in [0.4, 0.5) is 0 Å². The summed E-state index contributed by atoms with van der Waals surface area (Å²) in [5, 5.41) is 5.30. The zero-order valence-corrected chi connectivity index (χ0v) is 18.4. The summed E-state index contributed by atoms with van der Waals surface area (Å²) in [5.74, 6) is 1.88. The molecule has 32 heavy (non-hydrogen) atoms. The maximum absolute atomic E-state index is 6.02. The lowest BCUT2D eigenvalue weighted by atomic mass is 10.1. The standard InChI is InChI=1S/C23H21ClN6O2/c1-15-13-29(14-25-15)19-9-7-18(26-23(19)31-2)8-10-20-27-22-21(32-12-11-30(22)28-20)16-3-5-17(24)6-4-16/h3-10,13-14,21H,11-12H2,1-2H3/b10-8+. The van der Waals surface area contributed by atoms with Crippen LogP contribution in [0.5, 0.6) is 5.88 Å². The number of hydrogen-bond donors (Lipinski definition) is 0. The Morgan fingerprint density at radius 1 is 1.12 bits per heavy atom. The van der Waals surface area contributed by atoms with E-state index >= 15 is 0 Å². The van der Waals surface area contributed by atoms with Gasteiger partial charge in [-0.2, -0.15) is 5.10 Å². The van der Waals surface area contributed by atoms with E-state index in [1.807, 2.05) is 70.9 Å². The quantitative estimate of drug-likeness (QED) is 0.457. The molecule has 0 N–H and O–H groups in total. The smallest absolute Gasteiger partial charge is 0.238 e. The van der Waals surface area contributed by atoms with Gasteiger partial charge in [0.05, 0.1) is 38.0 Å². The van der Waals surface area contributed by atoms with E-state index in [9.17, 15) is 0 Å². The minimum absolute atomic E-state index is 0.271. The molecule has 0 aliphatic carbocycles. The molecule has 4 heterocycles. The zero-order valence-electron chi connectivity index (χ0n) is 17.6. The number of aromatic nitrogens is 6. The van der Waals surface area contributed by atoms with E-state index in [1.54, 1.807) is 13.4 Å². The highest BCUT2D eigenvalue weighted by atomic mass is 35.5. The van der Waals surface area contributed by atoms with Crippen LogP contribution in [0.3, 0.4) is 0 Å². The van der Waals surface area contributed by atoms with E-state index < -0.39 is 0 Å².